The lowest BCUT2D eigenvalue weighted by Crippen LogP contribution is -2.36. The fourth-order valence-electron chi connectivity index (χ4n) is 7.17. The van der Waals surface area contributed by atoms with Gasteiger partial charge in [0.2, 0.25) is 5.95 Å². The van der Waals surface area contributed by atoms with Crippen LogP contribution in [-0.4, -0.2) is 86.4 Å². The van der Waals surface area contributed by atoms with Crippen LogP contribution < -0.4 is 10.6 Å². The zero-order valence-corrected chi connectivity index (χ0v) is 30.3. The fraction of sp³-hybridized carbons (Fsp3) is 0.436. The van der Waals surface area contributed by atoms with Crippen LogP contribution in [0.15, 0.2) is 77.6 Å². The predicted molar refractivity (Wildman–Crippen MR) is 197 cm³/mol. The lowest BCUT2D eigenvalue weighted by atomic mass is 9.91. The molecule has 278 valence electrons. The molecule has 4 atom stereocenters. The Hall–Kier alpha value is -5.34. The lowest BCUT2D eigenvalue weighted by molar-refractivity contribution is -0.165. The minimum Gasteiger partial charge on any atom is -0.455 e. The highest BCUT2D eigenvalue weighted by molar-refractivity contribution is 5.84. The molecule has 5 aromatic rings. The van der Waals surface area contributed by atoms with Gasteiger partial charge in [-0.25, -0.2) is 4.98 Å². The third-order valence-corrected chi connectivity index (χ3v) is 9.75. The van der Waals surface area contributed by atoms with Crippen molar-refractivity contribution in [2.75, 3.05) is 43.4 Å². The molecule has 2 N–H and O–H groups in total. The minimum atomic E-state index is -1.06. The topological polar surface area (TPSA) is 159 Å². The van der Waals surface area contributed by atoms with E-state index in [9.17, 15) is 9.59 Å². The van der Waals surface area contributed by atoms with Crippen molar-refractivity contribution in [3.05, 3.63) is 95.6 Å². The van der Waals surface area contributed by atoms with Crippen LogP contribution in [0.5, 0.6) is 0 Å². The Morgan fingerprint density at radius 1 is 0.906 bits per heavy atom. The van der Waals surface area contributed by atoms with Gasteiger partial charge < -0.3 is 34.3 Å². The molecule has 53 heavy (non-hydrogen) atoms. The van der Waals surface area contributed by atoms with E-state index in [1.54, 1.807) is 17.0 Å². The van der Waals surface area contributed by atoms with Crippen LogP contribution in [0.4, 0.5) is 11.8 Å². The molecule has 3 aromatic heterocycles. The van der Waals surface area contributed by atoms with Crippen LogP contribution in [0.3, 0.4) is 0 Å². The van der Waals surface area contributed by atoms with E-state index in [0.717, 1.165) is 30.8 Å². The van der Waals surface area contributed by atoms with Gasteiger partial charge in [0.05, 0.1) is 12.0 Å². The van der Waals surface area contributed by atoms with Gasteiger partial charge in [0.25, 0.3) is 0 Å². The molecule has 2 aliphatic heterocycles. The summed E-state index contributed by atoms with van der Waals surface area (Å²) < 4.78 is 25.5. The molecule has 0 amide bonds. The number of fused-ring (bicyclic) bond motifs is 1. The van der Waals surface area contributed by atoms with Crippen molar-refractivity contribution in [2.24, 2.45) is 0 Å². The number of rotatable bonds is 14. The van der Waals surface area contributed by atoms with Crippen molar-refractivity contribution in [1.29, 1.82) is 0 Å². The number of benzene rings is 2. The van der Waals surface area contributed by atoms with Crippen LogP contribution in [0.25, 0.3) is 11.2 Å². The number of aryl methyl sites for hydroxylation is 1. The van der Waals surface area contributed by atoms with Crippen molar-refractivity contribution in [3.8, 4) is 0 Å². The monoisotopic (exact) mass is 722 g/mol. The van der Waals surface area contributed by atoms with E-state index in [2.05, 4.69) is 45.0 Å². The largest absolute Gasteiger partial charge is 0.455 e. The lowest BCUT2D eigenvalue weighted by Gasteiger charge is -2.26. The van der Waals surface area contributed by atoms with Gasteiger partial charge in [-0.2, -0.15) is 9.97 Å². The minimum absolute atomic E-state index is 0.0201. The van der Waals surface area contributed by atoms with E-state index in [0.29, 0.717) is 53.9 Å². The number of esters is 2. The van der Waals surface area contributed by atoms with Crippen molar-refractivity contribution in [1.82, 2.24) is 29.6 Å². The molecule has 2 aromatic carbocycles. The molecule has 0 radical (unpaired) electrons. The Labute approximate surface area is 308 Å². The zero-order chi connectivity index (χ0) is 36.7. The molecule has 0 aliphatic carbocycles. The number of likely N-dealkylation sites (tertiary alicyclic amines) is 1. The van der Waals surface area contributed by atoms with Crippen LogP contribution in [-0.2, 0) is 30.2 Å². The van der Waals surface area contributed by atoms with Gasteiger partial charge in [0.15, 0.2) is 47.3 Å². The van der Waals surface area contributed by atoms with Gasteiger partial charge in [0, 0.05) is 45.5 Å². The Kier molecular flexibility index (Phi) is 11.3. The third-order valence-electron chi connectivity index (χ3n) is 9.75. The summed E-state index contributed by atoms with van der Waals surface area (Å²) in [6.07, 6.45) is 1.89. The van der Waals surface area contributed by atoms with Crippen molar-refractivity contribution < 1.29 is 28.3 Å². The summed E-state index contributed by atoms with van der Waals surface area (Å²) >= 11 is 0. The zero-order valence-electron chi connectivity index (χ0n) is 30.3. The molecule has 2 aliphatic rings. The van der Waals surface area contributed by atoms with Gasteiger partial charge in [-0.1, -0.05) is 79.2 Å². The summed E-state index contributed by atoms with van der Waals surface area (Å²) in [6, 6.07) is 22.4. The maximum absolute atomic E-state index is 12.5. The predicted octanol–water partition coefficient (Wildman–Crippen LogP) is 5.65. The average molecular weight is 723 g/mol. The van der Waals surface area contributed by atoms with E-state index < -0.39 is 36.5 Å². The number of carbonyl (C=O) groups is 2. The number of nitrogens with zero attached hydrogens (tertiary/aromatic N) is 6. The Balaban J connectivity index is 1.26. The molecular weight excluding hydrogens is 676 g/mol. The van der Waals surface area contributed by atoms with Gasteiger partial charge in [0.1, 0.15) is 0 Å². The van der Waals surface area contributed by atoms with Gasteiger partial charge in [-0.15, -0.1) is 0 Å². The second-order valence-electron chi connectivity index (χ2n) is 13.5. The second-order valence-corrected chi connectivity index (χ2v) is 13.5. The SMILES string of the molecule is CCc1cc([C@H]2O[C@@H](n3cnc4c(NCC(c5ccccc5)c5ccccc5)nc(NCCN5CCCCC5)nc43)[C@H](OC(C)=O)[C@@H]2OC(C)=O)on1. The van der Waals surface area contributed by atoms with Gasteiger partial charge in [-0.3, -0.25) is 14.2 Å². The van der Waals surface area contributed by atoms with E-state index in [1.165, 1.54) is 33.1 Å². The molecule has 2 saturated heterocycles. The quantitative estimate of drug-likeness (QED) is 0.136. The highest BCUT2D eigenvalue weighted by atomic mass is 16.6. The normalized spacial score (nSPS) is 20.5. The second kappa shape index (κ2) is 16.6. The van der Waals surface area contributed by atoms with Crippen LogP contribution in [0, 0.1) is 0 Å². The molecule has 0 spiro atoms. The van der Waals surface area contributed by atoms with Crippen molar-refractivity contribution >= 4 is 34.9 Å². The van der Waals surface area contributed by atoms with E-state index in [-0.39, 0.29) is 5.92 Å². The highest BCUT2D eigenvalue weighted by Crippen LogP contribution is 2.44. The molecule has 5 heterocycles. The number of anilines is 2. The maximum Gasteiger partial charge on any atom is 0.303 e. The number of hydrogen-bond donors (Lipinski definition) is 2. The first kappa shape index (κ1) is 36.0. The van der Waals surface area contributed by atoms with Gasteiger partial charge >= 0.3 is 11.9 Å². The van der Waals surface area contributed by atoms with Crippen LogP contribution in [0.1, 0.15) is 80.9 Å². The molecular formula is C39H46N8O6. The van der Waals surface area contributed by atoms with Crippen LogP contribution in [0.2, 0.25) is 0 Å². The number of nitrogens with one attached hydrogen (secondary N) is 2. The third kappa shape index (κ3) is 8.34. The van der Waals surface area contributed by atoms with Crippen molar-refractivity contribution in [3.63, 3.8) is 0 Å². The average Bonchev–Trinajstić information content (AvgIpc) is 3.90. The summed E-state index contributed by atoms with van der Waals surface area (Å²) in [7, 11) is 0. The Bertz CT molecular complexity index is 1940. The molecule has 14 nitrogen and oxygen atoms in total. The Morgan fingerprint density at radius 2 is 1.58 bits per heavy atom. The van der Waals surface area contributed by atoms with E-state index in [4.69, 9.17) is 33.7 Å². The molecule has 0 unspecified atom stereocenters. The molecule has 2 fully saturated rings. The number of imidazole rings is 1. The highest BCUT2D eigenvalue weighted by Gasteiger charge is 2.52. The molecule has 0 bridgehead atoms. The molecule has 7 rings (SSSR count). The number of hydrogen-bond acceptors (Lipinski definition) is 13. The first-order valence-corrected chi connectivity index (χ1v) is 18.4. The van der Waals surface area contributed by atoms with Gasteiger partial charge in [-0.05, 0) is 43.5 Å². The van der Waals surface area contributed by atoms with E-state index in [1.807, 2.05) is 43.3 Å². The summed E-state index contributed by atoms with van der Waals surface area (Å²) in [5.41, 5.74) is 3.96. The number of carbonyl (C=O) groups excluding carboxylic acids is 2. The van der Waals surface area contributed by atoms with E-state index >= 15 is 0 Å². The smallest absolute Gasteiger partial charge is 0.303 e. The fourth-order valence-corrected chi connectivity index (χ4v) is 7.17. The summed E-state index contributed by atoms with van der Waals surface area (Å²) in [6.45, 7) is 8.73. The summed E-state index contributed by atoms with van der Waals surface area (Å²) in [5, 5.41) is 11.2. The molecule has 14 heteroatoms. The summed E-state index contributed by atoms with van der Waals surface area (Å²) in [5.74, 6) is 0.181. The number of ether oxygens (including phenoxy) is 3. The van der Waals surface area contributed by atoms with Crippen molar-refractivity contribution in [2.45, 2.75) is 76.9 Å². The number of piperidine rings is 1. The number of aromatic nitrogens is 5. The first-order chi connectivity index (χ1) is 25.9. The Morgan fingerprint density at radius 3 is 2.23 bits per heavy atom. The standard InChI is InChI=1S/C39H46N8O6/c1-4-29-22-31(53-45-29)33-34(50-25(2)48)35(51-26(3)49)38(52-33)47-24-42-32-36(43-39(44-37(32)47)40-18-21-46-19-12-7-13-20-46)41-23-30(27-14-8-5-9-15-27)28-16-10-6-11-17-28/h5-6,8-11,14-17,22,24,30,33-35,38H,4,7,12-13,18-21,23H2,1-3H3,(H2,40,41,43,44)/t33-,34-,35-,38-/m1/s1. The first-order valence-electron chi connectivity index (χ1n) is 18.4. The summed E-state index contributed by atoms with van der Waals surface area (Å²) in [4.78, 5) is 42.0. The maximum atomic E-state index is 12.5. The molecule has 0 saturated carbocycles. The van der Waals surface area contributed by atoms with Crippen LogP contribution >= 0.6 is 0 Å².